The molecule has 1 aromatic heterocycles. The molecule has 2 aliphatic rings. The minimum absolute atomic E-state index is 0.342. The molecule has 0 saturated heterocycles. The van der Waals surface area contributed by atoms with Crippen molar-refractivity contribution in [2.24, 2.45) is 5.92 Å². The average Bonchev–Trinajstić information content (AvgIpc) is 3.27. The van der Waals surface area contributed by atoms with E-state index in [1.807, 2.05) is 0 Å². The number of anilines is 1. The van der Waals surface area contributed by atoms with Crippen LogP contribution in [0.25, 0.3) is 0 Å². The normalized spacial score (nSPS) is 30.4. The third kappa shape index (κ3) is 2.46. The van der Waals surface area contributed by atoms with Crippen molar-refractivity contribution < 1.29 is 4.74 Å². The highest BCUT2D eigenvalue weighted by molar-refractivity contribution is 9.10. The van der Waals surface area contributed by atoms with Crippen LogP contribution in [0.1, 0.15) is 62.9 Å². The quantitative estimate of drug-likeness (QED) is 0.910. The van der Waals surface area contributed by atoms with Crippen LogP contribution in [-0.2, 0) is 10.3 Å². The van der Waals surface area contributed by atoms with Gasteiger partial charge in [0.15, 0.2) is 5.82 Å². The lowest BCUT2D eigenvalue weighted by atomic mass is 9.79. The molecule has 2 N–H and O–H groups in total. The molecule has 0 unspecified atom stereocenters. The van der Waals surface area contributed by atoms with E-state index < -0.39 is 0 Å². The topological polar surface area (TPSA) is 61.0 Å². The molecular formula is C15H22BrN3O. The molecule has 0 aliphatic heterocycles. The fraction of sp³-hybridized carbons (Fsp3) is 0.733. The summed E-state index contributed by atoms with van der Waals surface area (Å²) in [4.78, 5) is 9.35. The number of hydrogen-bond donors (Lipinski definition) is 1. The lowest BCUT2D eigenvalue weighted by Gasteiger charge is -2.37. The Kier molecular flexibility index (Phi) is 3.75. The molecule has 1 aromatic rings. The van der Waals surface area contributed by atoms with Crippen molar-refractivity contribution in [3.63, 3.8) is 0 Å². The van der Waals surface area contributed by atoms with Crippen molar-refractivity contribution in [1.82, 2.24) is 9.97 Å². The van der Waals surface area contributed by atoms with Gasteiger partial charge in [-0.3, -0.25) is 0 Å². The molecule has 110 valence electrons. The third-order valence-corrected chi connectivity index (χ3v) is 5.56. The maximum atomic E-state index is 6.08. The first-order valence-corrected chi connectivity index (χ1v) is 8.23. The molecule has 0 radical (unpaired) electrons. The Labute approximate surface area is 128 Å². The molecule has 4 nitrogen and oxygen atoms in total. The third-order valence-electron chi connectivity index (χ3n) is 4.75. The van der Waals surface area contributed by atoms with Gasteiger partial charge in [-0.15, -0.1) is 0 Å². The van der Waals surface area contributed by atoms with Crippen molar-refractivity contribution in [2.75, 3.05) is 12.8 Å². The Morgan fingerprint density at radius 3 is 2.40 bits per heavy atom. The van der Waals surface area contributed by atoms with Crippen LogP contribution in [0, 0.1) is 5.92 Å². The highest BCUT2D eigenvalue weighted by atomic mass is 79.9. The molecule has 2 saturated carbocycles. The van der Waals surface area contributed by atoms with Crippen LogP contribution in [0.4, 0.5) is 5.82 Å². The molecule has 2 fully saturated rings. The number of ether oxygens (including phenoxy) is 1. The van der Waals surface area contributed by atoms with Gasteiger partial charge in [-0.05, 0) is 60.4 Å². The summed E-state index contributed by atoms with van der Waals surface area (Å²) in [5.41, 5.74) is 6.81. The Morgan fingerprint density at radius 2 is 1.85 bits per heavy atom. The van der Waals surface area contributed by atoms with Crippen LogP contribution in [0.15, 0.2) is 4.47 Å². The zero-order valence-corrected chi connectivity index (χ0v) is 13.7. The number of nitrogens with two attached hydrogens (primary N) is 1. The second kappa shape index (κ2) is 5.26. The van der Waals surface area contributed by atoms with Gasteiger partial charge in [0, 0.05) is 13.0 Å². The summed E-state index contributed by atoms with van der Waals surface area (Å²) in [7, 11) is 1.77. The maximum absolute atomic E-state index is 6.08. The molecule has 0 amide bonds. The van der Waals surface area contributed by atoms with E-state index in [1.165, 1.54) is 12.8 Å². The zero-order chi connectivity index (χ0) is 14.3. The molecule has 2 aliphatic carbocycles. The predicted molar refractivity (Wildman–Crippen MR) is 82.4 cm³/mol. The molecule has 0 atom stereocenters. The number of nitrogens with zero attached hydrogens (tertiary/aromatic N) is 2. The molecule has 0 aromatic carbocycles. The number of methoxy groups -OCH3 is 1. The van der Waals surface area contributed by atoms with Crippen molar-refractivity contribution in [2.45, 2.75) is 57.0 Å². The summed E-state index contributed by atoms with van der Waals surface area (Å²) in [6.45, 7) is 2.30. The van der Waals surface area contributed by atoms with Crippen molar-refractivity contribution in [1.29, 1.82) is 0 Å². The maximum Gasteiger partial charge on any atom is 0.162 e. The van der Waals surface area contributed by atoms with Crippen LogP contribution >= 0.6 is 15.9 Å². The lowest BCUT2D eigenvalue weighted by Crippen LogP contribution is -2.35. The summed E-state index contributed by atoms with van der Waals surface area (Å²) in [5.74, 6) is 2.64. The number of aromatic nitrogens is 2. The molecule has 1 heterocycles. The van der Waals surface area contributed by atoms with Gasteiger partial charge in [-0.2, -0.15) is 0 Å². The minimum Gasteiger partial charge on any atom is -0.383 e. The highest BCUT2D eigenvalue weighted by Gasteiger charge is 2.40. The van der Waals surface area contributed by atoms with Gasteiger partial charge in [0.25, 0.3) is 0 Å². The van der Waals surface area contributed by atoms with E-state index in [0.717, 1.165) is 47.6 Å². The number of nitrogen functional groups attached to an aromatic ring is 1. The van der Waals surface area contributed by atoms with Crippen molar-refractivity contribution >= 4 is 21.7 Å². The van der Waals surface area contributed by atoms with Gasteiger partial charge in [-0.25, -0.2) is 9.97 Å². The van der Waals surface area contributed by atoms with E-state index in [2.05, 4.69) is 27.8 Å². The first-order chi connectivity index (χ1) is 9.55. The number of halogens is 1. The monoisotopic (exact) mass is 339 g/mol. The van der Waals surface area contributed by atoms with Gasteiger partial charge in [-0.1, -0.05) is 6.92 Å². The molecule has 20 heavy (non-hydrogen) atoms. The van der Waals surface area contributed by atoms with Crippen LogP contribution < -0.4 is 5.73 Å². The average molecular weight is 340 g/mol. The number of rotatable bonds is 3. The standard InChI is InChI=1S/C15H22BrN3O/c1-9-5-7-15(20-2,8-6-9)14-18-12(10-3-4-10)11(16)13(17)19-14/h9-10H,3-8H2,1-2H3,(H2,17,18,19). The van der Waals surface area contributed by atoms with Gasteiger partial charge in [0.05, 0.1) is 10.2 Å². The summed E-state index contributed by atoms with van der Waals surface area (Å²) >= 11 is 3.54. The minimum atomic E-state index is -0.342. The SMILES string of the molecule is COC1(c2nc(N)c(Br)c(C3CC3)n2)CCC(C)CC1. The highest BCUT2D eigenvalue weighted by Crippen LogP contribution is 2.46. The Bertz CT molecular complexity index is 508. The molecular weight excluding hydrogens is 318 g/mol. The van der Waals surface area contributed by atoms with E-state index in [-0.39, 0.29) is 5.60 Å². The fourth-order valence-electron chi connectivity index (χ4n) is 3.06. The Balaban J connectivity index is 1.99. The first kappa shape index (κ1) is 14.3. The summed E-state index contributed by atoms with van der Waals surface area (Å²) in [5, 5.41) is 0. The smallest absolute Gasteiger partial charge is 0.162 e. The van der Waals surface area contributed by atoms with Crippen LogP contribution in [0.2, 0.25) is 0 Å². The van der Waals surface area contributed by atoms with E-state index >= 15 is 0 Å². The summed E-state index contributed by atoms with van der Waals surface area (Å²) in [6, 6.07) is 0. The van der Waals surface area contributed by atoms with Crippen LogP contribution in [-0.4, -0.2) is 17.1 Å². The van der Waals surface area contributed by atoms with Gasteiger partial charge < -0.3 is 10.5 Å². The fourth-order valence-corrected chi connectivity index (χ4v) is 3.56. The predicted octanol–water partition coefficient (Wildman–Crippen LogP) is 3.75. The molecule has 0 spiro atoms. The molecule has 0 bridgehead atoms. The van der Waals surface area contributed by atoms with E-state index in [9.17, 15) is 0 Å². The second-order valence-electron chi connectivity index (χ2n) is 6.29. The van der Waals surface area contributed by atoms with E-state index in [4.69, 9.17) is 15.5 Å². The zero-order valence-electron chi connectivity index (χ0n) is 12.2. The van der Waals surface area contributed by atoms with Crippen molar-refractivity contribution in [3.8, 4) is 0 Å². The largest absolute Gasteiger partial charge is 0.383 e. The Morgan fingerprint density at radius 1 is 1.20 bits per heavy atom. The van der Waals surface area contributed by atoms with Gasteiger partial charge >= 0.3 is 0 Å². The molecule has 3 rings (SSSR count). The van der Waals surface area contributed by atoms with Gasteiger partial charge in [0.2, 0.25) is 0 Å². The second-order valence-corrected chi connectivity index (χ2v) is 7.08. The van der Waals surface area contributed by atoms with E-state index in [1.54, 1.807) is 7.11 Å². The summed E-state index contributed by atoms with van der Waals surface area (Å²) in [6.07, 6.45) is 6.68. The van der Waals surface area contributed by atoms with E-state index in [0.29, 0.717) is 11.7 Å². The summed E-state index contributed by atoms with van der Waals surface area (Å²) < 4.78 is 6.74. The number of hydrogen-bond acceptors (Lipinski definition) is 4. The van der Waals surface area contributed by atoms with Gasteiger partial charge in [0.1, 0.15) is 11.4 Å². The van der Waals surface area contributed by atoms with Crippen LogP contribution in [0.3, 0.4) is 0 Å². The van der Waals surface area contributed by atoms with Crippen molar-refractivity contribution in [3.05, 3.63) is 16.0 Å². The Hall–Kier alpha value is -0.680. The van der Waals surface area contributed by atoms with Crippen LogP contribution in [0.5, 0.6) is 0 Å². The lowest BCUT2D eigenvalue weighted by molar-refractivity contribution is -0.0598. The molecule has 5 heteroatoms. The first-order valence-electron chi connectivity index (χ1n) is 7.44.